The predicted octanol–water partition coefficient (Wildman–Crippen LogP) is 2.62. The highest BCUT2D eigenvalue weighted by molar-refractivity contribution is 5.88. The Bertz CT molecular complexity index is 570. The van der Waals surface area contributed by atoms with E-state index < -0.39 is 5.97 Å². The average Bonchev–Trinajstić information content (AvgIpc) is 2.45. The van der Waals surface area contributed by atoms with Crippen molar-refractivity contribution in [2.24, 2.45) is 0 Å². The Morgan fingerprint density at radius 2 is 2.21 bits per heavy atom. The van der Waals surface area contributed by atoms with Gasteiger partial charge in [-0.1, -0.05) is 6.07 Å². The molecule has 0 unspecified atom stereocenters. The molecule has 0 saturated heterocycles. The van der Waals surface area contributed by atoms with Crippen LogP contribution in [0.25, 0.3) is 0 Å². The highest BCUT2D eigenvalue weighted by atomic mass is 19.1. The minimum Gasteiger partial charge on any atom is -0.465 e. The number of pyridine rings is 1. The fourth-order valence-corrected chi connectivity index (χ4v) is 1.56. The van der Waals surface area contributed by atoms with Crippen molar-refractivity contribution in [1.29, 1.82) is 0 Å². The predicted molar refractivity (Wildman–Crippen MR) is 69.3 cm³/mol. The van der Waals surface area contributed by atoms with E-state index >= 15 is 0 Å². The molecule has 1 N–H and O–H groups in total. The van der Waals surface area contributed by atoms with Gasteiger partial charge in [-0.15, -0.1) is 0 Å². The second kappa shape index (κ2) is 5.95. The smallest absolute Gasteiger partial charge is 0.339 e. The van der Waals surface area contributed by atoms with Crippen molar-refractivity contribution in [3.8, 4) is 0 Å². The zero-order valence-electron chi connectivity index (χ0n) is 10.4. The molecule has 0 aliphatic carbocycles. The number of nitrogens with one attached hydrogen (secondary N) is 1. The molecule has 0 amide bonds. The van der Waals surface area contributed by atoms with Gasteiger partial charge in [-0.05, 0) is 30.3 Å². The number of rotatable bonds is 4. The zero-order valence-corrected chi connectivity index (χ0v) is 10.4. The maximum absolute atomic E-state index is 13.0. The third-order valence-corrected chi connectivity index (χ3v) is 2.54. The topological polar surface area (TPSA) is 51.2 Å². The van der Waals surface area contributed by atoms with Crippen LogP contribution >= 0.6 is 0 Å². The third kappa shape index (κ3) is 3.51. The Balaban J connectivity index is 1.98. The summed E-state index contributed by atoms with van der Waals surface area (Å²) in [6, 6.07) is 9.55. The first kappa shape index (κ1) is 13.0. The minimum atomic E-state index is -0.419. The molecule has 0 radical (unpaired) electrons. The number of hydrogen-bond donors (Lipinski definition) is 1. The highest BCUT2D eigenvalue weighted by Gasteiger charge is 2.05. The van der Waals surface area contributed by atoms with Gasteiger partial charge >= 0.3 is 5.97 Å². The normalized spacial score (nSPS) is 10.0. The largest absolute Gasteiger partial charge is 0.465 e. The molecular formula is C14H13FN2O2. The number of esters is 1. The number of carbonyl (C=O) groups is 1. The van der Waals surface area contributed by atoms with E-state index in [4.69, 9.17) is 0 Å². The molecular weight excluding hydrogens is 247 g/mol. The summed E-state index contributed by atoms with van der Waals surface area (Å²) in [4.78, 5) is 15.4. The van der Waals surface area contributed by atoms with E-state index in [0.29, 0.717) is 17.8 Å². The van der Waals surface area contributed by atoms with E-state index in [1.54, 1.807) is 24.3 Å². The average molecular weight is 260 g/mol. The summed E-state index contributed by atoms with van der Waals surface area (Å²) >= 11 is 0. The number of aromatic nitrogens is 1. The van der Waals surface area contributed by atoms with Crippen molar-refractivity contribution in [1.82, 2.24) is 4.98 Å². The van der Waals surface area contributed by atoms with Gasteiger partial charge < -0.3 is 10.1 Å². The fourth-order valence-electron chi connectivity index (χ4n) is 1.56. The molecule has 0 spiro atoms. The van der Waals surface area contributed by atoms with Crippen LogP contribution in [0.3, 0.4) is 0 Å². The van der Waals surface area contributed by atoms with Crippen molar-refractivity contribution < 1.29 is 13.9 Å². The van der Waals surface area contributed by atoms with Crippen LogP contribution < -0.4 is 5.32 Å². The first-order valence-corrected chi connectivity index (χ1v) is 5.72. The van der Waals surface area contributed by atoms with Crippen LogP contribution in [-0.2, 0) is 11.3 Å². The number of benzene rings is 1. The standard InChI is InChI=1S/C14H13FN2O2/c1-19-14(18)10-5-6-13(16-8-10)9-17-12-4-2-3-11(15)7-12/h2-8,17H,9H2,1H3. The van der Waals surface area contributed by atoms with E-state index in [1.807, 2.05) is 0 Å². The molecule has 19 heavy (non-hydrogen) atoms. The summed E-state index contributed by atoms with van der Waals surface area (Å²) in [6.45, 7) is 0.449. The van der Waals surface area contributed by atoms with E-state index in [1.165, 1.54) is 25.4 Å². The van der Waals surface area contributed by atoms with Gasteiger partial charge in [0.1, 0.15) is 5.82 Å². The third-order valence-electron chi connectivity index (χ3n) is 2.54. The van der Waals surface area contributed by atoms with Crippen molar-refractivity contribution in [2.75, 3.05) is 12.4 Å². The molecule has 0 aliphatic heterocycles. The maximum atomic E-state index is 13.0. The molecule has 0 atom stereocenters. The van der Waals surface area contributed by atoms with Crippen molar-refractivity contribution in [3.63, 3.8) is 0 Å². The molecule has 2 rings (SSSR count). The SMILES string of the molecule is COC(=O)c1ccc(CNc2cccc(F)c2)nc1. The molecule has 0 fully saturated rings. The Morgan fingerprint density at radius 1 is 1.37 bits per heavy atom. The van der Waals surface area contributed by atoms with Gasteiger partial charge in [0.2, 0.25) is 0 Å². The molecule has 5 heteroatoms. The second-order valence-electron chi connectivity index (χ2n) is 3.89. The highest BCUT2D eigenvalue weighted by Crippen LogP contribution is 2.10. The van der Waals surface area contributed by atoms with Crippen LogP contribution in [0, 0.1) is 5.82 Å². The Morgan fingerprint density at radius 3 is 2.84 bits per heavy atom. The molecule has 2 aromatic rings. The molecule has 1 aromatic carbocycles. The number of anilines is 1. The summed E-state index contributed by atoms with van der Waals surface area (Å²) in [5.74, 6) is -0.712. The van der Waals surface area contributed by atoms with Crippen LogP contribution in [-0.4, -0.2) is 18.1 Å². The quantitative estimate of drug-likeness (QED) is 0.858. The number of carbonyl (C=O) groups excluding carboxylic acids is 1. The first-order valence-electron chi connectivity index (χ1n) is 5.72. The first-order chi connectivity index (χ1) is 9.19. The molecule has 0 bridgehead atoms. The van der Waals surface area contributed by atoms with Crippen molar-refractivity contribution in [3.05, 3.63) is 59.7 Å². The number of halogens is 1. The van der Waals surface area contributed by atoms with Crippen molar-refractivity contribution in [2.45, 2.75) is 6.54 Å². The van der Waals surface area contributed by atoms with E-state index in [9.17, 15) is 9.18 Å². The molecule has 0 aliphatic rings. The molecule has 0 saturated carbocycles. The number of ether oxygens (including phenoxy) is 1. The lowest BCUT2D eigenvalue weighted by molar-refractivity contribution is 0.0600. The van der Waals surface area contributed by atoms with Crippen LogP contribution in [0.1, 0.15) is 16.1 Å². The van der Waals surface area contributed by atoms with Crippen LogP contribution in [0.2, 0.25) is 0 Å². The number of hydrogen-bond acceptors (Lipinski definition) is 4. The van der Waals surface area contributed by atoms with E-state index in [2.05, 4.69) is 15.0 Å². The van der Waals surface area contributed by atoms with Gasteiger partial charge in [0.25, 0.3) is 0 Å². The van der Waals surface area contributed by atoms with Gasteiger partial charge in [-0.3, -0.25) is 4.98 Å². The van der Waals surface area contributed by atoms with Crippen LogP contribution in [0.4, 0.5) is 10.1 Å². The van der Waals surface area contributed by atoms with Gasteiger partial charge in [0.15, 0.2) is 0 Å². The fraction of sp³-hybridized carbons (Fsp3) is 0.143. The minimum absolute atomic E-state index is 0.293. The Labute approximate surface area is 110 Å². The lowest BCUT2D eigenvalue weighted by atomic mass is 10.2. The van der Waals surface area contributed by atoms with Crippen LogP contribution in [0.5, 0.6) is 0 Å². The second-order valence-corrected chi connectivity index (χ2v) is 3.89. The monoisotopic (exact) mass is 260 g/mol. The van der Waals surface area contributed by atoms with Crippen LogP contribution in [0.15, 0.2) is 42.6 Å². The maximum Gasteiger partial charge on any atom is 0.339 e. The van der Waals surface area contributed by atoms with E-state index in [-0.39, 0.29) is 5.82 Å². The van der Waals surface area contributed by atoms with Gasteiger partial charge in [-0.25, -0.2) is 9.18 Å². The molecule has 98 valence electrons. The van der Waals surface area contributed by atoms with Gasteiger partial charge in [0.05, 0.1) is 24.9 Å². The molecule has 1 heterocycles. The summed E-state index contributed by atoms with van der Waals surface area (Å²) in [5, 5.41) is 3.05. The summed E-state index contributed by atoms with van der Waals surface area (Å²) in [5.41, 5.74) is 1.83. The zero-order chi connectivity index (χ0) is 13.7. The Kier molecular flexibility index (Phi) is 4.07. The lowest BCUT2D eigenvalue weighted by Crippen LogP contribution is -2.05. The summed E-state index contributed by atoms with van der Waals surface area (Å²) in [7, 11) is 1.32. The van der Waals surface area contributed by atoms with E-state index in [0.717, 1.165) is 5.69 Å². The van der Waals surface area contributed by atoms with Crippen molar-refractivity contribution >= 4 is 11.7 Å². The van der Waals surface area contributed by atoms with Gasteiger partial charge in [0, 0.05) is 11.9 Å². The molecule has 4 nitrogen and oxygen atoms in total. The molecule has 1 aromatic heterocycles. The Hall–Kier alpha value is -2.43. The summed E-state index contributed by atoms with van der Waals surface area (Å²) < 4.78 is 17.5. The number of nitrogens with zero attached hydrogens (tertiary/aromatic N) is 1. The number of methoxy groups -OCH3 is 1. The van der Waals surface area contributed by atoms with Gasteiger partial charge in [-0.2, -0.15) is 0 Å². The lowest BCUT2D eigenvalue weighted by Gasteiger charge is -2.06. The summed E-state index contributed by atoms with van der Waals surface area (Å²) in [6.07, 6.45) is 1.45.